The molecule has 2 bridgehead atoms. The second-order valence-corrected chi connectivity index (χ2v) is 8.57. The largest absolute Gasteiger partial charge is 0.299 e. The van der Waals surface area contributed by atoms with Gasteiger partial charge in [-0.15, -0.1) is 0 Å². The summed E-state index contributed by atoms with van der Waals surface area (Å²) in [6, 6.07) is 0.128. The van der Waals surface area contributed by atoms with Gasteiger partial charge < -0.3 is 0 Å². The summed E-state index contributed by atoms with van der Waals surface area (Å²) >= 11 is 0. The number of ketones is 1. The zero-order valence-electron chi connectivity index (χ0n) is 11.0. The molecular formula is C13H21NO3S. The molecule has 3 aliphatic rings. The van der Waals surface area contributed by atoms with E-state index in [0.29, 0.717) is 12.3 Å². The van der Waals surface area contributed by atoms with Crippen molar-refractivity contribution < 1.29 is 13.2 Å². The van der Waals surface area contributed by atoms with E-state index >= 15 is 0 Å². The van der Waals surface area contributed by atoms with E-state index in [9.17, 15) is 13.2 Å². The van der Waals surface area contributed by atoms with Gasteiger partial charge in [-0.3, -0.25) is 4.79 Å². The molecule has 3 rings (SSSR count). The highest BCUT2D eigenvalue weighted by Crippen LogP contribution is 2.64. The number of carbonyl (C=O) groups excluding carboxylic acids is 1. The molecular weight excluding hydrogens is 250 g/mol. The summed E-state index contributed by atoms with van der Waals surface area (Å²) in [7, 11) is -3.32. The van der Waals surface area contributed by atoms with Gasteiger partial charge in [0.15, 0.2) is 0 Å². The minimum atomic E-state index is -3.32. The van der Waals surface area contributed by atoms with E-state index in [4.69, 9.17) is 0 Å². The summed E-state index contributed by atoms with van der Waals surface area (Å²) in [5.41, 5.74) is -0.791. The van der Waals surface area contributed by atoms with Crippen LogP contribution in [-0.4, -0.2) is 26.0 Å². The van der Waals surface area contributed by atoms with E-state index < -0.39 is 15.4 Å². The minimum Gasteiger partial charge on any atom is -0.299 e. The van der Waals surface area contributed by atoms with Crippen LogP contribution in [0.5, 0.6) is 0 Å². The summed E-state index contributed by atoms with van der Waals surface area (Å²) in [5, 5.41) is 0. The maximum absolute atomic E-state index is 12.3. The molecule has 0 aromatic rings. The molecule has 0 saturated heterocycles. The molecule has 4 nitrogen and oxygen atoms in total. The number of fused-ring (bicyclic) bond motifs is 2. The molecule has 0 aliphatic heterocycles. The third-order valence-corrected chi connectivity index (χ3v) is 7.06. The van der Waals surface area contributed by atoms with Gasteiger partial charge in [-0.05, 0) is 37.0 Å². The monoisotopic (exact) mass is 271 g/mol. The molecule has 0 aromatic carbocycles. The van der Waals surface area contributed by atoms with E-state index in [2.05, 4.69) is 18.6 Å². The third kappa shape index (κ3) is 1.67. The SMILES string of the molecule is CC1(C)[C@H]2CC[C@]1(CS(=O)(=O)NC1CC1)C(=O)C2. The number of rotatable bonds is 4. The number of hydrogen-bond acceptors (Lipinski definition) is 3. The van der Waals surface area contributed by atoms with Crippen molar-refractivity contribution in [1.29, 1.82) is 0 Å². The van der Waals surface area contributed by atoms with Crippen molar-refractivity contribution in [3.63, 3.8) is 0 Å². The molecule has 3 aliphatic carbocycles. The fourth-order valence-corrected chi connectivity index (χ4v) is 6.08. The van der Waals surface area contributed by atoms with Crippen LogP contribution in [0.1, 0.15) is 46.0 Å². The van der Waals surface area contributed by atoms with E-state index in [0.717, 1.165) is 25.7 Å². The molecule has 0 aromatic heterocycles. The Kier molecular flexibility index (Phi) is 2.50. The number of sulfonamides is 1. The third-order valence-electron chi connectivity index (χ3n) is 5.50. The second-order valence-electron chi connectivity index (χ2n) is 6.82. The van der Waals surface area contributed by atoms with Gasteiger partial charge in [-0.25, -0.2) is 13.1 Å². The molecule has 3 saturated carbocycles. The maximum atomic E-state index is 12.3. The Morgan fingerprint density at radius 2 is 1.94 bits per heavy atom. The lowest BCUT2D eigenvalue weighted by Crippen LogP contribution is -2.45. The predicted molar refractivity (Wildman–Crippen MR) is 68.5 cm³/mol. The van der Waals surface area contributed by atoms with E-state index in [1.807, 2.05) is 0 Å². The molecule has 0 heterocycles. The lowest BCUT2D eigenvalue weighted by atomic mass is 9.70. The van der Waals surface area contributed by atoms with Crippen LogP contribution in [0, 0.1) is 16.7 Å². The Balaban J connectivity index is 1.88. The topological polar surface area (TPSA) is 63.2 Å². The van der Waals surface area contributed by atoms with Gasteiger partial charge in [0.25, 0.3) is 0 Å². The van der Waals surface area contributed by atoms with Gasteiger partial charge in [-0.1, -0.05) is 13.8 Å². The summed E-state index contributed by atoms with van der Waals surface area (Å²) in [4.78, 5) is 12.3. The molecule has 5 heteroatoms. The number of carbonyl (C=O) groups is 1. The molecule has 0 unspecified atom stereocenters. The van der Waals surface area contributed by atoms with Crippen molar-refractivity contribution >= 4 is 15.8 Å². The summed E-state index contributed by atoms with van der Waals surface area (Å²) in [5.74, 6) is 0.546. The highest BCUT2D eigenvalue weighted by atomic mass is 32.2. The zero-order chi connectivity index (χ0) is 13.2. The summed E-state index contributed by atoms with van der Waals surface area (Å²) < 4.78 is 27.1. The average Bonchev–Trinajstić information content (AvgIpc) is 2.96. The first-order valence-electron chi connectivity index (χ1n) is 6.80. The van der Waals surface area contributed by atoms with Gasteiger partial charge in [0.05, 0.1) is 5.75 Å². The van der Waals surface area contributed by atoms with Crippen LogP contribution in [-0.2, 0) is 14.8 Å². The van der Waals surface area contributed by atoms with Gasteiger partial charge in [-0.2, -0.15) is 0 Å². The summed E-state index contributed by atoms with van der Waals surface area (Å²) in [6.07, 6.45) is 4.19. The first-order valence-corrected chi connectivity index (χ1v) is 8.45. The van der Waals surface area contributed by atoms with Crippen molar-refractivity contribution in [2.24, 2.45) is 16.7 Å². The normalized spacial score (nSPS) is 38.3. The van der Waals surface area contributed by atoms with Crippen LogP contribution in [0.3, 0.4) is 0 Å². The van der Waals surface area contributed by atoms with Crippen LogP contribution in [0.2, 0.25) is 0 Å². The number of nitrogens with one attached hydrogen (secondary N) is 1. The Bertz CT molecular complexity index is 492. The van der Waals surface area contributed by atoms with Crippen molar-refractivity contribution in [2.45, 2.75) is 52.0 Å². The highest BCUT2D eigenvalue weighted by Gasteiger charge is 2.65. The van der Waals surface area contributed by atoms with Crippen molar-refractivity contribution in [3.8, 4) is 0 Å². The standard InChI is InChI=1S/C13H21NO3S/c1-12(2)9-5-6-13(12,11(15)7-9)8-18(16,17)14-10-3-4-10/h9-10,14H,3-8H2,1-2H3/t9-,13-/m0/s1. The Hall–Kier alpha value is -0.420. The minimum absolute atomic E-state index is 0.00116. The number of Topliss-reactive ketones (excluding diaryl/α,β-unsaturated/α-hetero) is 1. The van der Waals surface area contributed by atoms with E-state index in [1.165, 1.54) is 0 Å². The molecule has 102 valence electrons. The van der Waals surface area contributed by atoms with Crippen molar-refractivity contribution in [2.75, 3.05) is 5.75 Å². The highest BCUT2D eigenvalue weighted by molar-refractivity contribution is 7.89. The average molecular weight is 271 g/mol. The van der Waals surface area contributed by atoms with Crippen LogP contribution in [0.4, 0.5) is 0 Å². The summed E-state index contributed by atoms with van der Waals surface area (Å²) in [6.45, 7) is 4.14. The van der Waals surface area contributed by atoms with Crippen LogP contribution < -0.4 is 4.72 Å². The van der Waals surface area contributed by atoms with Crippen LogP contribution in [0.15, 0.2) is 0 Å². The van der Waals surface area contributed by atoms with Crippen molar-refractivity contribution in [1.82, 2.24) is 4.72 Å². The van der Waals surface area contributed by atoms with E-state index in [1.54, 1.807) is 0 Å². The first kappa shape index (κ1) is 12.6. The quantitative estimate of drug-likeness (QED) is 0.842. The van der Waals surface area contributed by atoms with Gasteiger partial charge in [0.2, 0.25) is 10.0 Å². The lowest BCUT2D eigenvalue weighted by molar-refractivity contribution is -0.128. The van der Waals surface area contributed by atoms with Crippen molar-refractivity contribution in [3.05, 3.63) is 0 Å². The first-order chi connectivity index (χ1) is 8.27. The molecule has 18 heavy (non-hydrogen) atoms. The Morgan fingerprint density at radius 1 is 1.28 bits per heavy atom. The zero-order valence-corrected chi connectivity index (χ0v) is 11.8. The second kappa shape index (κ2) is 3.57. The van der Waals surface area contributed by atoms with Gasteiger partial charge >= 0.3 is 0 Å². The fraction of sp³-hybridized carbons (Fsp3) is 0.923. The van der Waals surface area contributed by atoms with Crippen LogP contribution in [0.25, 0.3) is 0 Å². The molecule has 1 N–H and O–H groups in total. The number of hydrogen-bond donors (Lipinski definition) is 1. The molecule has 0 amide bonds. The predicted octanol–water partition coefficient (Wildman–Crippen LogP) is 1.46. The molecule has 2 atom stereocenters. The Morgan fingerprint density at radius 3 is 2.39 bits per heavy atom. The van der Waals surface area contributed by atoms with Gasteiger partial charge in [0.1, 0.15) is 5.78 Å². The maximum Gasteiger partial charge on any atom is 0.212 e. The van der Waals surface area contributed by atoms with E-state index in [-0.39, 0.29) is 23.0 Å². The molecule has 0 spiro atoms. The smallest absolute Gasteiger partial charge is 0.212 e. The Labute approximate surface area is 109 Å². The van der Waals surface area contributed by atoms with Crippen LogP contribution >= 0.6 is 0 Å². The lowest BCUT2D eigenvalue weighted by Gasteiger charge is -2.36. The van der Waals surface area contributed by atoms with Gasteiger partial charge in [0, 0.05) is 17.9 Å². The molecule has 3 fully saturated rings. The fourth-order valence-electron chi connectivity index (χ4n) is 3.93. The molecule has 0 radical (unpaired) electrons.